The lowest BCUT2D eigenvalue weighted by Gasteiger charge is -2.34. The van der Waals surface area contributed by atoms with Gasteiger partial charge in [-0.1, -0.05) is 56.0 Å². The van der Waals surface area contributed by atoms with Gasteiger partial charge in [0, 0.05) is 92.4 Å². The molecule has 0 N–H and O–H groups in total. The van der Waals surface area contributed by atoms with Crippen LogP contribution in [0.3, 0.4) is 0 Å². The van der Waals surface area contributed by atoms with Gasteiger partial charge in [-0.2, -0.15) is 0 Å². The fraction of sp³-hybridized carbons (Fsp3) is 0.373. The molecule has 3 saturated heterocycles. The summed E-state index contributed by atoms with van der Waals surface area (Å²) < 4.78 is 18.1. The second kappa shape index (κ2) is 21.8. The number of para-hydroxylation sites is 1. The number of nitrogens with zero attached hydrogens (tertiary/aromatic N) is 8. The van der Waals surface area contributed by atoms with E-state index in [0.29, 0.717) is 0 Å². The molecule has 10 nitrogen and oxygen atoms in total. The van der Waals surface area contributed by atoms with E-state index in [1.165, 1.54) is 113 Å². The van der Waals surface area contributed by atoms with Crippen LogP contribution in [0.25, 0.3) is 32.8 Å². The number of piperidine rings is 2. The molecule has 0 radical (unpaired) electrons. The summed E-state index contributed by atoms with van der Waals surface area (Å²) in [6, 6.07) is 43.2. The molecule has 5 aromatic heterocycles. The number of aromatic nitrogens is 4. The Morgan fingerprint density at radius 3 is 1.43 bits per heavy atom. The van der Waals surface area contributed by atoms with Crippen LogP contribution in [0.15, 0.2) is 143 Å². The standard InChI is InChI=1S/C20H23N3.C19H23N3O.C19H22N2O.CH4/c1-16-21-20-18(22-13-6-3-7-14-22)11-8-12-19(20)23(16)15-17-9-4-2-5-10-17;1-15-13-17-18(21-10-8-20(2)9-11-21)6-3-7-19(17)22(15)14-16-5-4-12-23-16;1-15-13-17-18(20-10-3-2-4-11-20)8-5-9-19(17)21(15)14-16-7-6-12-22-16;/h2,4-5,8-12H,3,6-7,13-15H2,1H3;3-7,12-13H,8-11,14H2,1-2H3;5-9,12-13H,2-4,10-11,14H2,1H3;1H4. The van der Waals surface area contributed by atoms with Crippen LogP contribution in [0.1, 0.15) is 80.2 Å². The van der Waals surface area contributed by atoms with Gasteiger partial charge in [0.25, 0.3) is 0 Å². The third-order valence-corrected chi connectivity index (χ3v) is 14.4. The average Bonchev–Trinajstić information content (AvgIpc) is 4.24. The second-order valence-electron chi connectivity index (χ2n) is 19.1. The van der Waals surface area contributed by atoms with Gasteiger partial charge in [0.15, 0.2) is 0 Å². The lowest BCUT2D eigenvalue weighted by Crippen LogP contribution is -2.44. The average molecular weight is 925 g/mol. The van der Waals surface area contributed by atoms with E-state index in [0.717, 1.165) is 81.8 Å². The summed E-state index contributed by atoms with van der Waals surface area (Å²) in [5.41, 5.74) is 12.9. The first-order valence-electron chi connectivity index (χ1n) is 25.0. The summed E-state index contributed by atoms with van der Waals surface area (Å²) in [7, 11) is 2.20. The van der Waals surface area contributed by atoms with Crippen LogP contribution in [-0.2, 0) is 19.6 Å². The third-order valence-electron chi connectivity index (χ3n) is 14.4. The van der Waals surface area contributed by atoms with E-state index < -0.39 is 0 Å². The highest BCUT2D eigenvalue weighted by atomic mass is 16.3. The van der Waals surface area contributed by atoms with Gasteiger partial charge in [0.05, 0.1) is 47.9 Å². The zero-order valence-electron chi connectivity index (χ0n) is 40.6. The fourth-order valence-corrected chi connectivity index (χ4v) is 10.7. The lowest BCUT2D eigenvalue weighted by molar-refractivity contribution is 0.313. The molecule has 3 aliphatic rings. The predicted molar refractivity (Wildman–Crippen MR) is 288 cm³/mol. The first-order chi connectivity index (χ1) is 33.4. The Bertz CT molecular complexity index is 3010. The third kappa shape index (κ3) is 10.5. The molecule has 0 unspecified atom stereocenters. The summed E-state index contributed by atoms with van der Waals surface area (Å²) in [5.74, 6) is 3.09. The van der Waals surface area contributed by atoms with Gasteiger partial charge in [0.1, 0.15) is 22.9 Å². The van der Waals surface area contributed by atoms with Crippen LogP contribution in [-0.4, -0.2) is 83.0 Å². The molecule has 0 spiro atoms. The normalized spacial score (nSPS) is 15.5. The molecule has 12 rings (SSSR count). The highest BCUT2D eigenvalue weighted by Gasteiger charge is 2.21. The topological polar surface area (TPSA) is 66.9 Å². The largest absolute Gasteiger partial charge is 0.467 e. The molecule has 360 valence electrons. The summed E-state index contributed by atoms with van der Waals surface area (Å²) >= 11 is 0. The van der Waals surface area contributed by atoms with Crippen molar-refractivity contribution < 1.29 is 8.83 Å². The van der Waals surface area contributed by atoms with E-state index in [9.17, 15) is 0 Å². The highest BCUT2D eigenvalue weighted by Crippen LogP contribution is 2.34. The molecule has 3 aliphatic heterocycles. The maximum absolute atomic E-state index is 5.53. The zero-order chi connectivity index (χ0) is 46.4. The maximum Gasteiger partial charge on any atom is 0.123 e. The molecule has 9 aromatic rings. The van der Waals surface area contributed by atoms with Crippen LogP contribution in [0.5, 0.6) is 0 Å². The van der Waals surface area contributed by atoms with Crippen LogP contribution in [0, 0.1) is 20.8 Å². The molecule has 10 heteroatoms. The smallest absolute Gasteiger partial charge is 0.123 e. The Balaban J connectivity index is 0.000000128. The van der Waals surface area contributed by atoms with Gasteiger partial charge in [0.2, 0.25) is 0 Å². The molecular weight excluding hydrogens is 853 g/mol. The van der Waals surface area contributed by atoms with Gasteiger partial charge in [-0.25, -0.2) is 4.98 Å². The number of fused-ring (bicyclic) bond motifs is 3. The van der Waals surface area contributed by atoms with Crippen molar-refractivity contribution in [3.05, 3.63) is 168 Å². The van der Waals surface area contributed by atoms with Gasteiger partial charge >= 0.3 is 0 Å². The molecule has 0 bridgehead atoms. The summed E-state index contributed by atoms with van der Waals surface area (Å²) in [5, 5.41) is 2.72. The SMILES string of the molecule is C.Cc1cc2c(N3CCCCC3)cccc2n1Cc1ccco1.Cc1cc2c(N3CCN(C)CC3)cccc2n1Cc1ccco1.Cc1nc2c(N3CCCCC3)cccc2n1Cc1ccccc1. The summed E-state index contributed by atoms with van der Waals surface area (Å²) in [6.45, 7) is 18.1. The molecule has 69 heavy (non-hydrogen) atoms. The minimum absolute atomic E-state index is 0. The number of piperazine rings is 1. The van der Waals surface area contributed by atoms with Crippen molar-refractivity contribution >= 4 is 49.9 Å². The number of benzene rings is 4. The molecule has 0 saturated carbocycles. The van der Waals surface area contributed by atoms with E-state index in [2.05, 4.69) is 158 Å². The zero-order valence-corrected chi connectivity index (χ0v) is 40.6. The van der Waals surface area contributed by atoms with Crippen LogP contribution in [0.4, 0.5) is 17.1 Å². The number of likely N-dealkylation sites (N-methyl/N-ethyl adjacent to an activating group) is 1. The van der Waals surface area contributed by atoms with Crippen LogP contribution in [0.2, 0.25) is 0 Å². The summed E-state index contributed by atoms with van der Waals surface area (Å²) in [4.78, 5) is 14.9. The molecule has 8 heterocycles. The first-order valence-corrected chi connectivity index (χ1v) is 25.0. The molecule has 0 aliphatic carbocycles. The van der Waals surface area contributed by atoms with Crippen molar-refractivity contribution in [2.45, 2.75) is 86.4 Å². The minimum Gasteiger partial charge on any atom is -0.467 e. The van der Waals surface area contributed by atoms with E-state index in [4.69, 9.17) is 13.8 Å². The molecule has 4 aromatic carbocycles. The van der Waals surface area contributed by atoms with Crippen LogP contribution >= 0.6 is 0 Å². The van der Waals surface area contributed by atoms with Crippen molar-refractivity contribution in [2.24, 2.45) is 0 Å². The Morgan fingerprint density at radius 2 is 0.928 bits per heavy atom. The van der Waals surface area contributed by atoms with E-state index in [-0.39, 0.29) is 7.43 Å². The van der Waals surface area contributed by atoms with E-state index in [1.807, 2.05) is 24.3 Å². The predicted octanol–water partition coefficient (Wildman–Crippen LogP) is 12.9. The maximum atomic E-state index is 5.53. The number of aryl methyl sites for hydroxylation is 3. The van der Waals surface area contributed by atoms with Gasteiger partial charge in [-0.15, -0.1) is 0 Å². The van der Waals surface area contributed by atoms with E-state index in [1.54, 1.807) is 12.5 Å². The monoisotopic (exact) mass is 925 g/mol. The number of imidazole rings is 1. The molecular formula is C59H72N8O2. The number of furan rings is 2. The highest BCUT2D eigenvalue weighted by molar-refractivity contribution is 5.95. The molecule has 0 amide bonds. The number of hydrogen-bond acceptors (Lipinski definition) is 7. The number of anilines is 3. The Kier molecular flexibility index (Phi) is 14.9. The van der Waals surface area contributed by atoms with Crippen molar-refractivity contribution in [1.82, 2.24) is 23.6 Å². The molecule has 3 fully saturated rings. The van der Waals surface area contributed by atoms with Gasteiger partial charge in [-0.05, 0) is 145 Å². The first kappa shape index (κ1) is 47.4. The van der Waals surface area contributed by atoms with Crippen molar-refractivity contribution in [1.29, 1.82) is 0 Å². The van der Waals surface area contributed by atoms with E-state index >= 15 is 0 Å². The minimum atomic E-state index is 0. The Labute approximate surface area is 409 Å². The Morgan fingerprint density at radius 1 is 0.449 bits per heavy atom. The summed E-state index contributed by atoms with van der Waals surface area (Å²) in [6.07, 6.45) is 11.4. The number of hydrogen-bond donors (Lipinski definition) is 0. The Hall–Kier alpha value is -6.65. The van der Waals surface area contributed by atoms with Crippen molar-refractivity contribution in [3.8, 4) is 0 Å². The van der Waals surface area contributed by atoms with Crippen molar-refractivity contribution in [3.63, 3.8) is 0 Å². The number of rotatable bonds is 9. The van der Waals surface area contributed by atoms with Gasteiger partial charge < -0.3 is 42.1 Å². The molecule has 0 atom stereocenters. The second-order valence-corrected chi connectivity index (χ2v) is 19.1. The quantitative estimate of drug-likeness (QED) is 0.143. The van der Waals surface area contributed by atoms with Crippen molar-refractivity contribution in [2.75, 3.05) is 74.1 Å². The van der Waals surface area contributed by atoms with Crippen LogP contribution < -0.4 is 14.7 Å². The van der Waals surface area contributed by atoms with Gasteiger partial charge in [-0.3, -0.25) is 0 Å². The lowest BCUT2D eigenvalue weighted by atomic mass is 10.1. The fourth-order valence-electron chi connectivity index (χ4n) is 10.7.